The molecule has 1 nitrogen and oxygen atoms in total. The molecule has 0 amide bonds. The Balaban J connectivity index is 1.69. The standard InChI is InChI=1S/C14H27N/c1-13(2,3)15-11-12-9-14(10-12)7-5-4-6-8-14/h12,15H,4-11H2,1-3H3. The van der Waals surface area contributed by atoms with Crippen LogP contribution >= 0.6 is 0 Å². The highest BCUT2D eigenvalue weighted by Crippen LogP contribution is 2.54. The minimum Gasteiger partial charge on any atom is -0.312 e. The van der Waals surface area contributed by atoms with Gasteiger partial charge in [-0.3, -0.25) is 0 Å². The van der Waals surface area contributed by atoms with Crippen molar-refractivity contribution >= 4 is 0 Å². The van der Waals surface area contributed by atoms with Crippen LogP contribution in [0, 0.1) is 11.3 Å². The van der Waals surface area contributed by atoms with Crippen molar-refractivity contribution < 1.29 is 0 Å². The van der Waals surface area contributed by atoms with Crippen LogP contribution in [0.4, 0.5) is 0 Å². The van der Waals surface area contributed by atoms with E-state index in [2.05, 4.69) is 26.1 Å². The highest BCUT2D eigenvalue weighted by atomic mass is 14.9. The Labute approximate surface area is 95.0 Å². The average Bonchev–Trinajstić information content (AvgIpc) is 2.11. The maximum absolute atomic E-state index is 3.65. The molecule has 1 spiro atoms. The first kappa shape index (κ1) is 11.4. The van der Waals surface area contributed by atoms with Crippen LogP contribution in [0.2, 0.25) is 0 Å². The fraction of sp³-hybridized carbons (Fsp3) is 1.00. The largest absolute Gasteiger partial charge is 0.312 e. The van der Waals surface area contributed by atoms with Gasteiger partial charge in [-0.1, -0.05) is 19.3 Å². The highest BCUT2D eigenvalue weighted by molar-refractivity contribution is 4.96. The molecule has 1 N–H and O–H groups in total. The second-order valence-corrected chi connectivity index (χ2v) is 6.97. The summed E-state index contributed by atoms with van der Waals surface area (Å²) < 4.78 is 0. The van der Waals surface area contributed by atoms with Crippen molar-refractivity contribution in [1.29, 1.82) is 0 Å². The Hall–Kier alpha value is -0.0400. The Morgan fingerprint density at radius 2 is 1.67 bits per heavy atom. The van der Waals surface area contributed by atoms with E-state index in [0.29, 0.717) is 5.54 Å². The molecule has 0 atom stereocenters. The number of hydrogen-bond acceptors (Lipinski definition) is 1. The molecule has 15 heavy (non-hydrogen) atoms. The van der Waals surface area contributed by atoms with Gasteiger partial charge in [0.15, 0.2) is 0 Å². The molecule has 0 radical (unpaired) electrons. The van der Waals surface area contributed by atoms with Crippen molar-refractivity contribution in [3.63, 3.8) is 0 Å². The van der Waals surface area contributed by atoms with Gasteiger partial charge in [0.25, 0.3) is 0 Å². The van der Waals surface area contributed by atoms with Crippen molar-refractivity contribution in [3.8, 4) is 0 Å². The average molecular weight is 209 g/mol. The maximum atomic E-state index is 3.65. The molecule has 0 aromatic rings. The van der Waals surface area contributed by atoms with Crippen molar-refractivity contribution in [1.82, 2.24) is 5.32 Å². The van der Waals surface area contributed by atoms with Gasteiger partial charge in [-0.15, -0.1) is 0 Å². The molecular weight excluding hydrogens is 182 g/mol. The van der Waals surface area contributed by atoms with Crippen molar-refractivity contribution in [2.24, 2.45) is 11.3 Å². The van der Waals surface area contributed by atoms with E-state index < -0.39 is 0 Å². The Morgan fingerprint density at radius 1 is 1.07 bits per heavy atom. The van der Waals surface area contributed by atoms with Gasteiger partial charge in [0.1, 0.15) is 0 Å². The first-order valence-corrected chi connectivity index (χ1v) is 6.74. The van der Waals surface area contributed by atoms with E-state index >= 15 is 0 Å². The summed E-state index contributed by atoms with van der Waals surface area (Å²) in [6.45, 7) is 8.04. The van der Waals surface area contributed by atoms with Crippen LogP contribution in [0.5, 0.6) is 0 Å². The Bertz CT molecular complexity index is 200. The lowest BCUT2D eigenvalue weighted by molar-refractivity contribution is 0.0127. The normalized spacial score (nSPS) is 26.6. The van der Waals surface area contributed by atoms with E-state index in [1.165, 1.54) is 51.5 Å². The van der Waals surface area contributed by atoms with Crippen LogP contribution in [0.25, 0.3) is 0 Å². The van der Waals surface area contributed by atoms with Crippen LogP contribution in [-0.4, -0.2) is 12.1 Å². The molecule has 1 heteroatoms. The van der Waals surface area contributed by atoms with Gasteiger partial charge >= 0.3 is 0 Å². The Morgan fingerprint density at radius 3 is 2.20 bits per heavy atom. The van der Waals surface area contributed by atoms with Gasteiger partial charge in [0, 0.05) is 5.54 Å². The lowest BCUT2D eigenvalue weighted by atomic mass is 9.56. The van der Waals surface area contributed by atoms with Gasteiger partial charge in [-0.05, 0) is 64.3 Å². The van der Waals surface area contributed by atoms with Gasteiger partial charge < -0.3 is 5.32 Å². The molecule has 2 aliphatic rings. The highest BCUT2D eigenvalue weighted by Gasteiger charge is 2.43. The van der Waals surface area contributed by atoms with E-state index in [-0.39, 0.29) is 0 Å². The zero-order valence-electron chi connectivity index (χ0n) is 10.7. The molecule has 0 bridgehead atoms. The van der Waals surface area contributed by atoms with Crippen LogP contribution in [0.15, 0.2) is 0 Å². The van der Waals surface area contributed by atoms with Crippen molar-refractivity contribution in [2.75, 3.05) is 6.54 Å². The van der Waals surface area contributed by atoms with Crippen LogP contribution in [-0.2, 0) is 0 Å². The molecule has 2 aliphatic carbocycles. The molecule has 2 rings (SSSR count). The molecule has 0 aromatic carbocycles. The number of hydrogen-bond donors (Lipinski definition) is 1. The zero-order valence-corrected chi connectivity index (χ0v) is 10.7. The third-order valence-electron chi connectivity index (χ3n) is 4.28. The summed E-state index contributed by atoms with van der Waals surface area (Å²) >= 11 is 0. The topological polar surface area (TPSA) is 12.0 Å². The summed E-state index contributed by atoms with van der Waals surface area (Å²) in [5, 5.41) is 3.65. The minimum absolute atomic E-state index is 0.301. The molecule has 0 heterocycles. The molecule has 0 aliphatic heterocycles. The summed E-state index contributed by atoms with van der Waals surface area (Å²) in [6, 6.07) is 0. The summed E-state index contributed by atoms with van der Waals surface area (Å²) in [6.07, 6.45) is 10.6. The summed E-state index contributed by atoms with van der Waals surface area (Å²) in [4.78, 5) is 0. The molecule has 0 saturated heterocycles. The van der Waals surface area contributed by atoms with Gasteiger partial charge in [-0.25, -0.2) is 0 Å². The van der Waals surface area contributed by atoms with Crippen molar-refractivity contribution in [3.05, 3.63) is 0 Å². The van der Waals surface area contributed by atoms with Gasteiger partial charge in [0.05, 0.1) is 0 Å². The second-order valence-electron chi connectivity index (χ2n) is 6.97. The smallest absolute Gasteiger partial charge is 0.00966 e. The molecule has 0 unspecified atom stereocenters. The van der Waals surface area contributed by atoms with E-state index in [0.717, 1.165) is 11.3 Å². The molecule has 2 fully saturated rings. The predicted octanol–water partition coefficient (Wildman–Crippen LogP) is 3.74. The lowest BCUT2D eigenvalue weighted by Crippen LogP contribution is -2.47. The third-order valence-corrected chi connectivity index (χ3v) is 4.28. The molecule has 2 saturated carbocycles. The first-order valence-electron chi connectivity index (χ1n) is 6.74. The number of nitrogens with one attached hydrogen (secondary N) is 1. The van der Waals surface area contributed by atoms with Crippen LogP contribution in [0.1, 0.15) is 65.7 Å². The summed E-state index contributed by atoms with van der Waals surface area (Å²) in [7, 11) is 0. The maximum Gasteiger partial charge on any atom is 0.00966 e. The Kier molecular flexibility index (Phi) is 3.12. The summed E-state index contributed by atoms with van der Waals surface area (Å²) in [5.41, 5.74) is 1.11. The van der Waals surface area contributed by atoms with Crippen molar-refractivity contribution in [2.45, 2.75) is 71.3 Å². The van der Waals surface area contributed by atoms with Crippen LogP contribution < -0.4 is 5.32 Å². The SMILES string of the molecule is CC(C)(C)NCC1CC2(CCCCC2)C1. The van der Waals surface area contributed by atoms with E-state index in [4.69, 9.17) is 0 Å². The lowest BCUT2D eigenvalue weighted by Gasteiger charge is -2.51. The number of rotatable bonds is 2. The second kappa shape index (κ2) is 4.08. The fourth-order valence-electron chi connectivity index (χ4n) is 3.47. The quantitative estimate of drug-likeness (QED) is 0.730. The summed E-state index contributed by atoms with van der Waals surface area (Å²) in [5.74, 6) is 0.974. The van der Waals surface area contributed by atoms with E-state index in [1.54, 1.807) is 0 Å². The monoisotopic (exact) mass is 209 g/mol. The van der Waals surface area contributed by atoms with E-state index in [1.807, 2.05) is 0 Å². The zero-order chi connectivity index (χ0) is 10.9. The van der Waals surface area contributed by atoms with Crippen LogP contribution in [0.3, 0.4) is 0 Å². The minimum atomic E-state index is 0.301. The third kappa shape index (κ3) is 2.96. The molecule has 88 valence electrons. The fourth-order valence-corrected chi connectivity index (χ4v) is 3.47. The predicted molar refractivity (Wildman–Crippen MR) is 66.0 cm³/mol. The van der Waals surface area contributed by atoms with Gasteiger partial charge in [-0.2, -0.15) is 0 Å². The van der Waals surface area contributed by atoms with Gasteiger partial charge in [0.2, 0.25) is 0 Å². The molecule has 0 aromatic heterocycles. The van der Waals surface area contributed by atoms with E-state index in [9.17, 15) is 0 Å². The molecular formula is C14H27N. The first-order chi connectivity index (χ1) is 6.99.